The third-order valence-corrected chi connectivity index (χ3v) is 2.97. The summed E-state index contributed by atoms with van der Waals surface area (Å²) < 4.78 is 0. The molecule has 0 bridgehead atoms. The molecular weight excluding hydrogens is 200 g/mol. The van der Waals surface area contributed by atoms with E-state index in [0.29, 0.717) is 18.0 Å². The van der Waals surface area contributed by atoms with Gasteiger partial charge in [-0.2, -0.15) is 5.26 Å². The summed E-state index contributed by atoms with van der Waals surface area (Å²) in [5.74, 6) is 0.874. The Bertz CT molecular complexity index is 447. The Kier molecular flexibility index (Phi) is 2.91. The van der Waals surface area contributed by atoms with Crippen LogP contribution in [-0.2, 0) is 11.3 Å². The molecule has 0 aromatic heterocycles. The van der Waals surface area contributed by atoms with Crippen molar-refractivity contribution in [2.24, 2.45) is 11.8 Å². The molecule has 2 atom stereocenters. The number of benzene rings is 1. The average Bonchev–Trinajstić information content (AvgIpc) is 3.04. The van der Waals surface area contributed by atoms with Gasteiger partial charge in [0.2, 0.25) is 5.91 Å². The summed E-state index contributed by atoms with van der Waals surface area (Å²) in [4.78, 5) is 11.6. The third-order valence-electron chi connectivity index (χ3n) is 2.97. The van der Waals surface area contributed by atoms with Crippen LogP contribution in [0, 0.1) is 23.2 Å². The number of nitriles is 1. The van der Waals surface area contributed by atoms with Crippen LogP contribution in [0.5, 0.6) is 0 Å². The van der Waals surface area contributed by atoms with Crippen molar-refractivity contribution in [3.05, 3.63) is 35.4 Å². The Hall–Kier alpha value is -1.82. The van der Waals surface area contributed by atoms with Crippen LogP contribution in [0.3, 0.4) is 0 Å². The number of rotatable bonds is 3. The van der Waals surface area contributed by atoms with E-state index in [1.807, 2.05) is 12.1 Å². The van der Waals surface area contributed by atoms with Crippen molar-refractivity contribution in [1.82, 2.24) is 5.32 Å². The molecular formula is C13H14N2O. The largest absolute Gasteiger partial charge is 0.352 e. The fraction of sp³-hybridized carbons (Fsp3) is 0.385. The third kappa shape index (κ3) is 2.40. The van der Waals surface area contributed by atoms with Gasteiger partial charge < -0.3 is 5.32 Å². The van der Waals surface area contributed by atoms with Gasteiger partial charge in [-0.05, 0) is 30.0 Å². The first kappa shape index (κ1) is 10.7. The zero-order chi connectivity index (χ0) is 11.5. The first-order valence-electron chi connectivity index (χ1n) is 5.47. The fourth-order valence-electron chi connectivity index (χ4n) is 1.76. The fourth-order valence-corrected chi connectivity index (χ4v) is 1.76. The van der Waals surface area contributed by atoms with Gasteiger partial charge >= 0.3 is 0 Å². The molecule has 0 saturated heterocycles. The van der Waals surface area contributed by atoms with Gasteiger partial charge in [-0.15, -0.1) is 0 Å². The van der Waals surface area contributed by atoms with Crippen molar-refractivity contribution in [2.75, 3.05) is 0 Å². The molecule has 2 rings (SSSR count). The van der Waals surface area contributed by atoms with Gasteiger partial charge in [0.15, 0.2) is 0 Å². The van der Waals surface area contributed by atoms with E-state index in [9.17, 15) is 4.79 Å². The molecule has 1 fully saturated rings. The van der Waals surface area contributed by atoms with Crippen LogP contribution >= 0.6 is 0 Å². The van der Waals surface area contributed by atoms with E-state index < -0.39 is 0 Å². The highest BCUT2D eigenvalue weighted by Gasteiger charge is 2.38. The zero-order valence-corrected chi connectivity index (χ0v) is 9.23. The van der Waals surface area contributed by atoms with Gasteiger partial charge in [-0.1, -0.05) is 19.1 Å². The molecule has 1 N–H and O–H groups in total. The molecule has 1 aliphatic rings. The summed E-state index contributed by atoms with van der Waals surface area (Å²) in [6, 6.07) is 9.39. The highest BCUT2D eigenvalue weighted by Crippen LogP contribution is 2.37. The molecule has 0 radical (unpaired) electrons. The minimum Gasteiger partial charge on any atom is -0.352 e. The van der Waals surface area contributed by atoms with Crippen LogP contribution in [-0.4, -0.2) is 5.91 Å². The van der Waals surface area contributed by atoms with Crippen LogP contribution in [0.4, 0.5) is 0 Å². The number of hydrogen-bond acceptors (Lipinski definition) is 2. The van der Waals surface area contributed by atoms with Gasteiger partial charge in [0.05, 0.1) is 11.6 Å². The molecule has 1 aromatic rings. The van der Waals surface area contributed by atoms with Gasteiger partial charge in [0.25, 0.3) is 0 Å². The van der Waals surface area contributed by atoms with E-state index >= 15 is 0 Å². The van der Waals surface area contributed by atoms with E-state index in [0.717, 1.165) is 12.0 Å². The molecule has 82 valence electrons. The standard InChI is InChI=1S/C13H14N2O/c1-9-5-12(9)13(16)15-8-11-4-2-3-10(6-11)7-14/h2-4,6,9,12H,5,8H2,1H3,(H,15,16). The molecule has 1 aromatic carbocycles. The number of amides is 1. The lowest BCUT2D eigenvalue weighted by atomic mass is 10.1. The summed E-state index contributed by atoms with van der Waals surface area (Å²) in [6.45, 7) is 2.60. The maximum absolute atomic E-state index is 11.6. The molecule has 1 saturated carbocycles. The molecule has 16 heavy (non-hydrogen) atoms. The van der Waals surface area contributed by atoms with E-state index in [-0.39, 0.29) is 11.8 Å². The Balaban J connectivity index is 1.90. The molecule has 1 aliphatic carbocycles. The Morgan fingerprint density at radius 3 is 3.00 bits per heavy atom. The number of nitrogens with zero attached hydrogens (tertiary/aromatic N) is 1. The highest BCUT2D eigenvalue weighted by atomic mass is 16.2. The maximum atomic E-state index is 11.6. The van der Waals surface area contributed by atoms with Crippen LogP contribution in [0.2, 0.25) is 0 Å². The van der Waals surface area contributed by atoms with Gasteiger partial charge in [-0.25, -0.2) is 0 Å². The SMILES string of the molecule is CC1CC1C(=O)NCc1cccc(C#N)c1. The first-order valence-corrected chi connectivity index (χ1v) is 5.47. The van der Waals surface area contributed by atoms with E-state index in [4.69, 9.17) is 5.26 Å². The Morgan fingerprint density at radius 2 is 2.38 bits per heavy atom. The predicted molar refractivity (Wildman–Crippen MR) is 60.3 cm³/mol. The van der Waals surface area contributed by atoms with Crippen molar-refractivity contribution in [2.45, 2.75) is 19.9 Å². The zero-order valence-electron chi connectivity index (χ0n) is 9.23. The van der Waals surface area contributed by atoms with Crippen molar-refractivity contribution in [1.29, 1.82) is 5.26 Å². The normalized spacial score (nSPS) is 22.2. The number of carbonyl (C=O) groups excluding carboxylic acids is 1. The lowest BCUT2D eigenvalue weighted by Gasteiger charge is -2.04. The molecule has 3 heteroatoms. The summed E-state index contributed by atoms with van der Waals surface area (Å²) in [5.41, 5.74) is 1.60. The predicted octanol–water partition coefficient (Wildman–Crippen LogP) is 1.83. The molecule has 3 nitrogen and oxygen atoms in total. The van der Waals surface area contributed by atoms with E-state index in [1.165, 1.54) is 0 Å². The van der Waals surface area contributed by atoms with Crippen molar-refractivity contribution >= 4 is 5.91 Å². The summed E-state index contributed by atoms with van der Waals surface area (Å²) in [6.07, 6.45) is 1.00. The lowest BCUT2D eigenvalue weighted by Crippen LogP contribution is -2.24. The summed E-state index contributed by atoms with van der Waals surface area (Å²) in [7, 11) is 0. The summed E-state index contributed by atoms with van der Waals surface area (Å²) in [5, 5.41) is 11.6. The van der Waals surface area contributed by atoms with E-state index in [1.54, 1.807) is 12.1 Å². The van der Waals surface area contributed by atoms with Gasteiger partial charge in [0.1, 0.15) is 0 Å². The second-order valence-electron chi connectivity index (χ2n) is 4.35. The van der Waals surface area contributed by atoms with Crippen LogP contribution in [0.15, 0.2) is 24.3 Å². The first-order chi connectivity index (χ1) is 7.70. The summed E-state index contributed by atoms with van der Waals surface area (Å²) >= 11 is 0. The van der Waals surface area contributed by atoms with E-state index in [2.05, 4.69) is 18.3 Å². The van der Waals surface area contributed by atoms with Gasteiger partial charge in [-0.3, -0.25) is 4.79 Å². The smallest absolute Gasteiger partial charge is 0.223 e. The average molecular weight is 214 g/mol. The monoisotopic (exact) mass is 214 g/mol. The molecule has 1 amide bonds. The molecule has 0 spiro atoms. The quantitative estimate of drug-likeness (QED) is 0.834. The van der Waals surface area contributed by atoms with Crippen LogP contribution in [0.1, 0.15) is 24.5 Å². The second kappa shape index (κ2) is 4.36. The number of nitrogens with one attached hydrogen (secondary N) is 1. The molecule has 0 aliphatic heterocycles. The minimum absolute atomic E-state index is 0.134. The van der Waals surface area contributed by atoms with Crippen molar-refractivity contribution < 1.29 is 4.79 Å². The molecule has 0 heterocycles. The Morgan fingerprint density at radius 1 is 1.62 bits per heavy atom. The second-order valence-corrected chi connectivity index (χ2v) is 4.35. The highest BCUT2D eigenvalue weighted by molar-refractivity contribution is 5.81. The lowest BCUT2D eigenvalue weighted by molar-refractivity contribution is -0.122. The molecule has 2 unspecified atom stereocenters. The Labute approximate surface area is 95.1 Å². The van der Waals surface area contributed by atoms with Crippen molar-refractivity contribution in [3.8, 4) is 6.07 Å². The number of hydrogen-bond donors (Lipinski definition) is 1. The van der Waals surface area contributed by atoms with Crippen LogP contribution in [0.25, 0.3) is 0 Å². The van der Waals surface area contributed by atoms with Crippen molar-refractivity contribution in [3.63, 3.8) is 0 Å². The van der Waals surface area contributed by atoms with Gasteiger partial charge in [0, 0.05) is 12.5 Å². The topological polar surface area (TPSA) is 52.9 Å². The van der Waals surface area contributed by atoms with Crippen LogP contribution < -0.4 is 5.32 Å². The minimum atomic E-state index is 0.134. The maximum Gasteiger partial charge on any atom is 0.223 e. The number of carbonyl (C=O) groups is 1.